The summed E-state index contributed by atoms with van der Waals surface area (Å²) in [7, 11) is 0. The molecule has 0 N–H and O–H groups in total. The zero-order chi connectivity index (χ0) is 9.68. The van der Waals surface area contributed by atoms with Crippen LogP contribution in [0.25, 0.3) is 0 Å². The van der Waals surface area contributed by atoms with Crippen molar-refractivity contribution in [2.45, 2.75) is 65.0 Å². The molecule has 0 spiro atoms. The Balaban J connectivity index is 2.12. The Kier molecular flexibility index (Phi) is 4.26. The highest BCUT2D eigenvalue weighted by Crippen LogP contribution is 2.16. The Hall–Kier alpha value is -0.530. The van der Waals surface area contributed by atoms with Crippen LogP contribution in [0.5, 0.6) is 0 Å². The molecule has 1 heterocycles. The van der Waals surface area contributed by atoms with Gasteiger partial charge in [-0.1, -0.05) is 26.2 Å². The molecule has 1 rings (SSSR count). The van der Waals surface area contributed by atoms with Gasteiger partial charge in [-0.3, -0.25) is 0 Å². The van der Waals surface area contributed by atoms with E-state index in [0.717, 1.165) is 12.3 Å². The van der Waals surface area contributed by atoms with Gasteiger partial charge in [0.2, 0.25) is 0 Å². The normalized spacial score (nSPS) is 27.2. The summed E-state index contributed by atoms with van der Waals surface area (Å²) in [4.78, 5) is 4.46. The average molecular weight is 183 g/mol. The van der Waals surface area contributed by atoms with E-state index in [1.165, 1.54) is 25.7 Å². The van der Waals surface area contributed by atoms with Crippen molar-refractivity contribution in [2.24, 2.45) is 4.99 Å². The number of hydrogen-bond acceptors (Lipinski definition) is 2. The second-order valence-electron chi connectivity index (χ2n) is 3.90. The van der Waals surface area contributed by atoms with Crippen molar-refractivity contribution in [1.82, 2.24) is 0 Å². The van der Waals surface area contributed by atoms with Crippen molar-refractivity contribution in [1.29, 1.82) is 0 Å². The maximum absolute atomic E-state index is 5.60. The fourth-order valence-corrected chi connectivity index (χ4v) is 1.50. The first-order valence-electron chi connectivity index (χ1n) is 5.47. The summed E-state index contributed by atoms with van der Waals surface area (Å²) in [5.74, 6) is 0.983. The van der Waals surface area contributed by atoms with Gasteiger partial charge in [0, 0.05) is 6.42 Å². The first-order chi connectivity index (χ1) is 6.24. The lowest BCUT2D eigenvalue weighted by Crippen LogP contribution is -2.14. The van der Waals surface area contributed by atoms with Crippen LogP contribution in [0.4, 0.5) is 0 Å². The lowest BCUT2D eigenvalue weighted by atomic mass is 10.1. The molecule has 1 aliphatic rings. The van der Waals surface area contributed by atoms with Crippen molar-refractivity contribution < 1.29 is 4.74 Å². The molecule has 0 amide bonds. The quantitative estimate of drug-likeness (QED) is 0.600. The van der Waals surface area contributed by atoms with Crippen LogP contribution in [-0.4, -0.2) is 18.0 Å². The summed E-state index contributed by atoms with van der Waals surface area (Å²) in [6, 6.07) is 0.362. The van der Waals surface area contributed by atoms with E-state index in [-0.39, 0.29) is 0 Å². The van der Waals surface area contributed by atoms with Crippen molar-refractivity contribution in [3.63, 3.8) is 0 Å². The minimum absolute atomic E-state index is 0.293. The van der Waals surface area contributed by atoms with Gasteiger partial charge >= 0.3 is 0 Å². The molecule has 2 unspecified atom stereocenters. The second kappa shape index (κ2) is 5.25. The van der Waals surface area contributed by atoms with Crippen LogP contribution >= 0.6 is 0 Å². The minimum Gasteiger partial charge on any atom is -0.476 e. The third-order valence-electron chi connectivity index (χ3n) is 2.59. The summed E-state index contributed by atoms with van der Waals surface area (Å²) in [6.45, 7) is 6.44. The summed E-state index contributed by atoms with van der Waals surface area (Å²) in [5, 5.41) is 0. The zero-order valence-corrected chi connectivity index (χ0v) is 9.05. The third-order valence-corrected chi connectivity index (χ3v) is 2.59. The fraction of sp³-hybridized carbons (Fsp3) is 0.909. The number of rotatable bonds is 5. The molecule has 0 radical (unpaired) electrons. The molecule has 76 valence electrons. The zero-order valence-electron chi connectivity index (χ0n) is 9.05. The Morgan fingerprint density at radius 3 is 2.54 bits per heavy atom. The van der Waals surface area contributed by atoms with Crippen LogP contribution in [-0.2, 0) is 4.74 Å². The first kappa shape index (κ1) is 10.6. The van der Waals surface area contributed by atoms with Gasteiger partial charge in [0.05, 0.1) is 6.04 Å². The highest BCUT2D eigenvalue weighted by Gasteiger charge is 2.21. The number of ether oxygens (including phenoxy) is 1. The van der Waals surface area contributed by atoms with Gasteiger partial charge in [0.15, 0.2) is 5.90 Å². The maximum atomic E-state index is 5.60. The molecular weight excluding hydrogens is 162 g/mol. The molecule has 2 heteroatoms. The van der Waals surface area contributed by atoms with Gasteiger partial charge in [0.25, 0.3) is 0 Å². The first-order valence-corrected chi connectivity index (χ1v) is 5.47. The van der Waals surface area contributed by atoms with E-state index in [1.54, 1.807) is 0 Å². The minimum atomic E-state index is 0.293. The molecular formula is C11H21NO. The van der Waals surface area contributed by atoms with E-state index in [9.17, 15) is 0 Å². The van der Waals surface area contributed by atoms with E-state index < -0.39 is 0 Å². The number of aliphatic imine (C=N–C) groups is 1. The van der Waals surface area contributed by atoms with Crippen LogP contribution in [0.1, 0.15) is 52.9 Å². The van der Waals surface area contributed by atoms with Crippen molar-refractivity contribution >= 4 is 5.90 Å². The molecule has 0 aromatic heterocycles. The van der Waals surface area contributed by atoms with E-state index in [4.69, 9.17) is 4.74 Å². The number of hydrogen-bond donors (Lipinski definition) is 0. The van der Waals surface area contributed by atoms with Gasteiger partial charge in [-0.05, 0) is 20.3 Å². The van der Waals surface area contributed by atoms with Gasteiger partial charge in [-0.25, -0.2) is 4.99 Å². The maximum Gasteiger partial charge on any atom is 0.183 e. The Morgan fingerprint density at radius 1 is 1.23 bits per heavy atom. The standard InChI is InChI=1S/C11H21NO/c1-4-5-6-7-8-11-12-9(2)10(3)13-11/h9-10H,4-8H2,1-3H3. The fourth-order valence-electron chi connectivity index (χ4n) is 1.50. The topological polar surface area (TPSA) is 21.6 Å². The van der Waals surface area contributed by atoms with Crippen molar-refractivity contribution in [3.05, 3.63) is 0 Å². The van der Waals surface area contributed by atoms with Gasteiger partial charge in [-0.15, -0.1) is 0 Å². The molecule has 0 aliphatic carbocycles. The van der Waals surface area contributed by atoms with Crippen LogP contribution in [0.15, 0.2) is 4.99 Å². The SMILES string of the molecule is CCCCCCC1=NC(C)C(C)O1. The lowest BCUT2D eigenvalue weighted by molar-refractivity contribution is 0.213. The summed E-state index contributed by atoms with van der Waals surface area (Å²) in [5.41, 5.74) is 0. The largest absolute Gasteiger partial charge is 0.476 e. The van der Waals surface area contributed by atoms with Crippen molar-refractivity contribution in [2.75, 3.05) is 0 Å². The second-order valence-corrected chi connectivity index (χ2v) is 3.90. The number of unbranched alkanes of at least 4 members (excludes halogenated alkanes) is 3. The van der Waals surface area contributed by atoms with E-state index >= 15 is 0 Å². The van der Waals surface area contributed by atoms with Gasteiger partial charge in [0.1, 0.15) is 6.10 Å². The highest BCUT2D eigenvalue weighted by atomic mass is 16.5. The van der Waals surface area contributed by atoms with Gasteiger partial charge in [-0.2, -0.15) is 0 Å². The molecule has 0 saturated heterocycles. The molecule has 0 saturated carbocycles. The van der Waals surface area contributed by atoms with Crippen LogP contribution in [0, 0.1) is 0 Å². The van der Waals surface area contributed by atoms with Crippen LogP contribution in [0.2, 0.25) is 0 Å². The van der Waals surface area contributed by atoms with E-state index in [1.807, 2.05) is 0 Å². The molecule has 13 heavy (non-hydrogen) atoms. The molecule has 0 aromatic rings. The summed E-state index contributed by atoms with van der Waals surface area (Å²) >= 11 is 0. The smallest absolute Gasteiger partial charge is 0.183 e. The molecule has 2 nitrogen and oxygen atoms in total. The molecule has 1 aliphatic heterocycles. The summed E-state index contributed by atoms with van der Waals surface area (Å²) in [6.07, 6.45) is 6.49. The predicted molar refractivity (Wildman–Crippen MR) is 56.2 cm³/mol. The molecule has 0 aromatic carbocycles. The van der Waals surface area contributed by atoms with Crippen LogP contribution < -0.4 is 0 Å². The average Bonchev–Trinajstić information content (AvgIpc) is 2.41. The monoisotopic (exact) mass is 183 g/mol. The molecule has 0 bridgehead atoms. The van der Waals surface area contributed by atoms with E-state index in [2.05, 4.69) is 25.8 Å². The summed E-state index contributed by atoms with van der Waals surface area (Å²) < 4.78 is 5.60. The Labute approximate surface area is 81.4 Å². The third kappa shape index (κ3) is 3.37. The Morgan fingerprint density at radius 2 is 2.00 bits per heavy atom. The lowest BCUT2D eigenvalue weighted by Gasteiger charge is -2.07. The number of nitrogens with zero attached hydrogens (tertiary/aromatic N) is 1. The predicted octanol–water partition coefficient (Wildman–Crippen LogP) is 3.16. The highest BCUT2D eigenvalue weighted by molar-refractivity contribution is 5.77. The molecule has 0 fully saturated rings. The van der Waals surface area contributed by atoms with E-state index in [0.29, 0.717) is 12.1 Å². The van der Waals surface area contributed by atoms with Crippen LogP contribution in [0.3, 0.4) is 0 Å². The van der Waals surface area contributed by atoms with Gasteiger partial charge < -0.3 is 4.74 Å². The Bertz CT molecular complexity index is 177. The van der Waals surface area contributed by atoms with Crippen molar-refractivity contribution in [3.8, 4) is 0 Å². The molecule has 2 atom stereocenters.